The summed E-state index contributed by atoms with van der Waals surface area (Å²) < 4.78 is 43.3. The fourth-order valence-corrected chi connectivity index (χ4v) is 0.917. The van der Waals surface area contributed by atoms with Gasteiger partial charge in [-0.3, -0.25) is 0 Å². The van der Waals surface area contributed by atoms with Crippen molar-refractivity contribution in [3.8, 4) is 5.75 Å². The Morgan fingerprint density at radius 1 is 1.14 bits per heavy atom. The molecule has 0 aliphatic heterocycles. The third-order valence-electron chi connectivity index (χ3n) is 1.52. The lowest BCUT2D eigenvalue weighted by molar-refractivity contribution is 0.246. The van der Waals surface area contributed by atoms with Crippen LogP contribution in [-0.2, 0) is 0 Å². The molecule has 0 aliphatic rings. The maximum Gasteiger partial charge on any atom is 0.190 e. The van der Waals surface area contributed by atoms with Crippen LogP contribution >= 0.6 is 0 Å². The van der Waals surface area contributed by atoms with Crippen LogP contribution in [0.25, 0.3) is 0 Å². The summed E-state index contributed by atoms with van der Waals surface area (Å²) >= 11 is 0. The lowest BCUT2D eigenvalue weighted by Gasteiger charge is -2.10. The summed E-state index contributed by atoms with van der Waals surface area (Å²) in [6.45, 7) is 3.89. The van der Waals surface area contributed by atoms with Crippen molar-refractivity contribution in [1.82, 2.24) is 0 Å². The highest BCUT2D eigenvalue weighted by molar-refractivity contribution is 5.26. The zero-order chi connectivity index (χ0) is 10.7. The van der Waals surface area contributed by atoms with E-state index >= 15 is 0 Å². The van der Waals surface area contributed by atoms with E-state index in [0.717, 1.165) is 0 Å². The number of halogens is 3. The molecule has 1 aromatic rings. The van der Waals surface area contributed by atoms with E-state index in [4.69, 9.17) is 4.74 Å². The van der Waals surface area contributed by atoms with Gasteiger partial charge in [0.25, 0.3) is 0 Å². The maximum absolute atomic E-state index is 13.0. The van der Waals surface area contributed by atoms with Crippen molar-refractivity contribution in [1.29, 1.82) is 0 Å². The van der Waals surface area contributed by atoms with Crippen LogP contribution in [0.4, 0.5) is 13.2 Å². The Labute approximate surface area is 80.5 Å². The van der Waals surface area contributed by atoms with Crippen LogP contribution in [0, 0.1) is 23.4 Å². The quantitative estimate of drug-likeness (QED) is 0.734. The molecule has 0 fully saturated rings. The van der Waals surface area contributed by atoms with E-state index < -0.39 is 23.2 Å². The molecule has 0 saturated carbocycles. The third kappa shape index (κ3) is 2.65. The third-order valence-corrected chi connectivity index (χ3v) is 1.52. The predicted octanol–water partition coefficient (Wildman–Crippen LogP) is 3.14. The molecule has 78 valence electrons. The number of hydrogen-bond donors (Lipinski definition) is 0. The molecule has 0 atom stereocenters. The molecular weight excluding hydrogens is 193 g/mol. The lowest BCUT2D eigenvalue weighted by atomic mass is 10.2. The molecule has 0 unspecified atom stereocenters. The number of ether oxygens (including phenoxy) is 1. The normalized spacial score (nSPS) is 10.7. The molecular formula is C10H11F3O. The van der Waals surface area contributed by atoms with Crippen molar-refractivity contribution in [2.45, 2.75) is 13.8 Å². The van der Waals surface area contributed by atoms with Gasteiger partial charge < -0.3 is 4.74 Å². The van der Waals surface area contributed by atoms with Gasteiger partial charge in [-0.1, -0.05) is 13.8 Å². The van der Waals surface area contributed by atoms with Gasteiger partial charge in [0.15, 0.2) is 17.4 Å². The average molecular weight is 204 g/mol. The summed E-state index contributed by atoms with van der Waals surface area (Å²) in [6.07, 6.45) is 0. The first-order valence-electron chi connectivity index (χ1n) is 4.28. The summed E-state index contributed by atoms with van der Waals surface area (Å²) in [6, 6.07) is 1.19. The first-order chi connectivity index (χ1) is 6.50. The summed E-state index contributed by atoms with van der Waals surface area (Å²) in [4.78, 5) is 0. The van der Waals surface area contributed by atoms with Crippen LogP contribution in [0.5, 0.6) is 5.75 Å². The van der Waals surface area contributed by atoms with Crippen LogP contribution < -0.4 is 4.74 Å². The predicted molar refractivity (Wildman–Crippen MR) is 46.6 cm³/mol. The van der Waals surface area contributed by atoms with Gasteiger partial charge in [0.2, 0.25) is 0 Å². The van der Waals surface area contributed by atoms with Gasteiger partial charge in [-0.05, 0) is 5.92 Å². The maximum atomic E-state index is 13.0. The molecule has 4 heteroatoms. The summed E-state index contributed by atoms with van der Waals surface area (Å²) in [5.74, 6) is -3.33. The molecule has 0 spiro atoms. The molecule has 0 saturated heterocycles. The van der Waals surface area contributed by atoms with Gasteiger partial charge in [-0.25, -0.2) is 13.2 Å². The largest absolute Gasteiger partial charge is 0.487 e. The molecule has 0 aliphatic carbocycles. The Hall–Kier alpha value is -1.19. The molecule has 1 aromatic carbocycles. The van der Waals surface area contributed by atoms with E-state index in [2.05, 4.69) is 0 Å². The van der Waals surface area contributed by atoms with Gasteiger partial charge in [0.1, 0.15) is 5.82 Å². The molecule has 1 rings (SSSR count). The highest BCUT2D eigenvalue weighted by Gasteiger charge is 2.12. The zero-order valence-corrected chi connectivity index (χ0v) is 7.98. The molecule has 0 amide bonds. The fraction of sp³-hybridized carbons (Fsp3) is 0.400. The molecule has 0 radical (unpaired) electrons. The second-order valence-electron chi connectivity index (χ2n) is 3.40. The molecule has 0 N–H and O–H groups in total. The minimum Gasteiger partial charge on any atom is -0.487 e. The topological polar surface area (TPSA) is 9.23 Å². The fourth-order valence-electron chi connectivity index (χ4n) is 0.917. The molecule has 1 nitrogen and oxygen atoms in total. The second kappa shape index (κ2) is 4.35. The second-order valence-corrected chi connectivity index (χ2v) is 3.40. The smallest absolute Gasteiger partial charge is 0.190 e. The minimum absolute atomic E-state index is 0.152. The Morgan fingerprint density at radius 3 is 2.07 bits per heavy atom. The average Bonchev–Trinajstić information content (AvgIpc) is 2.01. The lowest BCUT2D eigenvalue weighted by Crippen LogP contribution is -2.07. The van der Waals surface area contributed by atoms with Gasteiger partial charge in [0, 0.05) is 12.1 Å². The molecule has 0 heterocycles. The van der Waals surface area contributed by atoms with Gasteiger partial charge in [-0.2, -0.15) is 0 Å². The van der Waals surface area contributed by atoms with E-state index in [-0.39, 0.29) is 12.5 Å². The van der Waals surface area contributed by atoms with Crippen LogP contribution in [0.1, 0.15) is 13.8 Å². The minimum atomic E-state index is -1.01. The Balaban J connectivity index is 2.86. The van der Waals surface area contributed by atoms with Crippen molar-refractivity contribution >= 4 is 0 Å². The van der Waals surface area contributed by atoms with E-state index in [0.29, 0.717) is 12.1 Å². The van der Waals surface area contributed by atoms with Gasteiger partial charge >= 0.3 is 0 Å². The Bertz CT molecular complexity index is 300. The Morgan fingerprint density at radius 2 is 1.64 bits per heavy atom. The van der Waals surface area contributed by atoms with E-state index in [9.17, 15) is 13.2 Å². The van der Waals surface area contributed by atoms with Crippen molar-refractivity contribution in [3.05, 3.63) is 29.6 Å². The molecule has 0 bridgehead atoms. The number of hydrogen-bond acceptors (Lipinski definition) is 1. The zero-order valence-electron chi connectivity index (χ0n) is 7.98. The van der Waals surface area contributed by atoms with E-state index in [1.165, 1.54) is 0 Å². The standard InChI is InChI=1S/C10H11F3O/c1-6(2)5-14-10-8(12)3-7(11)4-9(10)13/h3-4,6H,5H2,1-2H3. The SMILES string of the molecule is CC(C)COc1c(F)cc(F)cc1F. The summed E-state index contributed by atoms with van der Waals surface area (Å²) in [5, 5.41) is 0. The Kier molecular flexibility index (Phi) is 3.38. The summed E-state index contributed by atoms with van der Waals surface area (Å²) in [7, 11) is 0. The number of benzene rings is 1. The van der Waals surface area contributed by atoms with Crippen LogP contribution in [0.3, 0.4) is 0 Å². The first kappa shape index (κ1) is 10.9. The van der Waals surface area contributed by atoms with Gasteiger partial charge in [-0.15, -0.1) is 0 Å². The molecule has 14 heavy (non-hydrogen) atoms. The van der Waals surface area contributed by atoms with Crippen molar-refractivity contribution < 1.29 is 17.9 Å². The van der Waals surface area contributed by atoms with Gasteiger partial charge in [0.05, 0.1) is 6.61 Å². The van der Waals surface area contributed by atoms with E-state index in [1.54, 1.807) is 0 Å². The van der Waals surface area contributed by atoms with Crippen LogP contribution in [-0.4, -0.2) is 6.61 Å². The number of rotatable bonds is 3. The van der Waals surface area contributed by atoms with Crippen LogP contribution in [0.2, 0.25) is 0 Å². The monoisotopic (exact) mass is 204 g/mol. The van der Waals surface area contributed by atoms with Crippen molar-refractivity contribution in [2.75, 3.05) is 6.61 Å². The molecule has 0 aromatic heterocycles. The van der Waals surface area contributed by atoms with Crippen molar-refractivity contribution in [2.24, 2.45) is 5.92 Å². The summed E-state index contributed by atoms with van der Waals surface area (Å²) in [5.41, 5.74) is 0. The van der Waals surface area contributed by atoms with Crippen LogP contribution in [0.15, 0.2) is 12.1 Å². The van der Waals surface area contributed by atoms with Crippen molar-refractivity contribution in [3.63, 3.8) is 0 Å². The highest BCUT2D eigenvalue weighted by Crippen LogP contribution is 2.23. The highest BCUT2D eigenvalue weighted by atomic mass is 19.1. The van der Waals surface area contributed by atoms with E-state index in [1.807, 2.05) is 13.8 Å². The first-order valence-corrected chi connectivity index (χ1v) is 4.28.